The lowest BCUT2D eigenvalue weighted by molar-refractivity contribution is -0.141. The summed E-state index contributed by atoms with van der Waals surface area (Å²) in [5.74, 6) is -1.33. The molecule has 0 saturated heterocycles. The SMILES string of the molecule is O=C(O)C(CNC(=O)C1CCCC1)Cc1ccccc1. The van der Waals surface area contributed by atoms with Gasteiger partial charge in [0.25, 0.3) is 0 Å². The number of hydrogen-bond acceptors (Lipinski definition) is 2. The molecule has 1 aliphatic rings. The average Bonchev–Trinajstić information content (AvgIpc) is 2.98. The number of carbonyl (C=O) groups excluding carboxylic acids is 1. The van der Waals surface area contributed by atoms with Gasteiger partial charge in [-0.3, -0.25) is 9.59 Å². The summed E-state index contributed by atoms with van der Waals surface area (Å²) in [6, 6.07) is 9.52. The fraction of sp³-hybridized carbons (Fsp3) is 0.500. The van der Waals surface area contributed by atoms with Gasteiger partial charge in [-0.2, -0.15) is 0 Å². The second-order valence-electron chi connectivity index (χ2n) is 5.45. The molecular weight excluding hydrogens is 254 g/mol. The molecule has 0 spiro atoms. The van der Waals surface area contributed by atoms with E-state index in [4.69, 9.17) is 0 Å². The molecule has 1 unspecified atom stereocenters. The Hall–Kier alpha value is -1.84. The van der Waals surface area contributed by atoms with Crippen molar-refractivity contribution >= 4 is 11.9 Å². The summed E-state index contributed by atoms with van der Waals surface area (Å²) in [4.78, 5) is 23.2. The van der Waals surface area contributed by atoms with Crippen molar-refractivity contribution in [3.63, 3.8) is 0 Å². The number of nitrogens with one attached hydrogen (secondary N) is 1. The molecule has 4 nitrogen and oxygen atoms in total. The van der Waals surface area contributed by atoms with Crippen molar-refractivity contribution < 1.29 is 14.7 Å². The van der Waals surface area contributed by atoms with Crippen LogP contribution in [0.2, 0.25) is 0 Å². The predicted octanol–water partition coefficient (Wildman–Crippen LogP) is 2.24. The van der Waals surface area contributed by atoms with E-state index in [1.165, 1.54) is 0 Å². The topological polar surface area (TPSA) is 66.4 Å². The molecule has 0 radical (unpaired) electrons. The molecule has 108 valence electrons. The van der Waals surface area contributed by atoms with Crippen LogP contribution in [-0.4, -0.2) is 23.5 Å². The number of rotatable bonds is 6. The Kier molecular flexibility index (Phi) is 5.16. The molecule has 2 N–H and O–H groups in total. The zero-order valence-corrected chi connectivity index (χ0v) is 11.5. The van der Waals surface area contributed by atoms with Gasteiger partial charge >= 0.3 is 5.97 Å². The number of aliphatic carboxylic acids is 1. The first-order valence-corrected chi connectivity index (χ1v) is 7.21. The van der Waals surface area contributed by atoms with Crippen LogP contribution >= 0.6 is 0 Å². The normalized spacial score (nSPS) is 16.8. The van der Waals surface area contributed by atoms with Crippen LogP contribution in [0.4, 0.5) is 0 Å². The van der Waals surface area contributed by atoms with Crippen molar-refractivity contribution in [2.45, 2.75) is 32.1 Å². The fourth-order valence-electron chi connectivity index (χ4n) is 2.70. The van der Waals surface area contributed by atoms with Gasteiger partial charge in [-0.15, -0.1) is 0 Å². The largest absolute Gasteiger partial charge is 0.481 e. The minimum Gasteiger partial charge on any atom is -0.481 e. The molecule has 0 bridgehead atoms. The maximum Gasteiger partial charge on any atom is 0.308 e. The van der Waals surface area contributed by atoms with E-state index in [1.54, 1.807) is 0 Å². The number of amides is 1. The Balaban J connectivity index is 1.86. The van der Waals surface area contributed by atoms with Gasteiger partial charge < -0.3 is 10.4 Å². The van der Waals surface area contributed by atoms with Gasteiger partial charge in [0, 0.05) is 12.5 Å². The van der Waals surface area contributed by atoms with Crippen LogP contribution < -0.4 is 5.32 Å². The summed E-state index contributed by atoms with van der Waals surface area (Å²) in [5.41, 5.74) is 0.981. The van der Waals surface area contributed by atoms with Gasteiger partial charge in [-0.25, -0.2) is 0 Å². The van der Waals surface area contributed by atoms with E-state index in [0.717, 1.165) is 31.2 Å². The van der Waals surface area contributed by atoms with Crippen LogP contribution in [-0.2, 0) is 16.0 Å². The second-order valence-corrected chi connectivity index (χ2v) is 5.45. The molecule has 1 aromatic rings. The minimum atomic E-state index is -0.861. The van der Waals surface area contributed by atoms with Crippen LogP contribution in [0.1, 0.15) is 31.2 Å². The number of carboxylic acid groups (broad SMARTS) is 1. The highest BCUT2D eigenvalue weighted by Gasteiger charge is 2.24. The van der Waals surface area contributed by atoms with Crippen molar-refractivity contribution in [1.82, 2.24) is 5.32 Å². The van der Waals surface area contributed by atoms with E-state index in [-0.39, 0.29) is 18.4 Å². The number of carboxylic acids is 1. The van der Waals surface area contributed by atoms with Crippen molar-refractivity contribution in [2.75, 3.05) is 6.54 Å². The Morgan fingerprint density at radius 2 is 1.85 bits per heavy atom. The van der Waals surface area contributed by atoms with E-state index >= 15 is 0 Å². The first-order valence-electron chi connectivity index (χ1n) is 7.21. The van der Waals surface area contributed by atoms with Gasteiger partial charge in [0.15, 0.2) is 0 Å². The molecule has 20 heavy (non-hydrogen) atoms. The molecule has 1 amide bonds. The van der Waals surface area contributed by atoms with E-state index in [0.29, 0.717) is 6.42 Å². The average molecular weight is 275 g/mol. The van der Waals surface area contributed by atoms with E-state index < -0.39 is 11.9 Å². The maximum absolute atomic E-state index is 11.9. The van der Waals surface area contributed by atoms with Gasteiger partial charge in [-0.1, -0.05) is 43.2 Å². The van der Waals surface area contributed by atoms with Gasteiger partial charge in [0.05, 0.1) is 5.92 Å². The zero-order chi connectivity index (χ0) is 14.4. The van der Waals surface area contributed by atoms with Crippen LogP contribution in [0.3, 0.4) is 0 Å². The Bertz CT molecular complexity index is 452. The molecule has 4 heteroatoms. The Labute approximate surface area is 119 Å². The summed E-state index contributed by atoms with van der Waals surface area (Å²) >= 11 is 0. The summed E-state index contributed by atoms with van der Waals surface area (Å²) in [7, 11) is 0. The lowest BCUT2D eigenvalue weighted by Gasteiger charge is -2.15. The lowest BCUT2D eigenvalue weighted by Crippen LogP contribution is -2.36. The van der Waals surface area contributed by atoms with Crippen molar-refractivity contribution in [3.05, 3.63) is 35.9 Å². The highest BCUT2D eigenvalue weighted by Crippen LogP contribution is 2.24. The number of hydrogen-bond donors (Lipinski definition) is 2. The van der Waals surface area contributed by atoms with Crippen molar-refractivity contribution in [1.29, 1.82) is 0 Å². The molecule has 1 atom stereocenters. The summed E-state index contributed by atoms with van der Waals surface area (Å²) in [6.07, 6.45) is 4.51. The summed E-state index contributed by atoms with van der Waals surface area (Å²) in [6.45, 7) is 0.208. The summed E-state index contributed by atoms with van der Waals surface area (Å²) < 4.78 is 0. The highest BCUT2D eigenvalue weighted by atomic mass is 16.4. The molecule has 1 aliphatic carbocycles. The minimum absolute atomic E-state index is 0.0156. The van der Waals surface area contributed by atoms with Crippen LogP contribution in [0.15, 0.2) is 30.3 Å². The number of carbonyl (C=O) groups is 2. The zero-order valence-electron chi connectivity index (χ0n) is 11.5. The first kappa shape index (κ1) is 14.6. The monoisotopic (exact) mass is 275 g/mol. The van der Waals surface area contributed by atoms with Gasteiger partial charge in [0.1, 0.15) is 0 Å². The molecule has 1 saturated carbocycles. The number of benzene rings is 1. The fourth-order valence-corrected chi connectivity index (χ4v) is 2.70. The third-order valence-electron chi connectivity index (χ3n) is 3.92. The van der Waals surface area contributed by atoms with Gasteiger partial charge in [-0.05, 0) is 24.8 Å². The van der Waals surface area contributed by atoms with Crippen molar-refractivity contribution in [3.8, 4) is 0 Å². The molecule has 2 rings (SSSR count). The van der Waals surface area contributed by atoms with E-state index in [1.807, 2.05) is 30.3 Å². The first-order chi connectivity index (χ1) is 9.66. The smallest absolute Gasteiger partial charge is 0.308 e. The van der Waals surface area contributed by atoms with E-state index in [2.05, 4.69) is 5.32 Å². The quantitative estimate of drug-likeness (QED) is 0.836. The van der Waals surface area contributed by atoms with Crippen LogP contribution in [0.25, 0.3) is 0 Å². The maximum atomic E-state index is 11.9. The molecule has 1 aromatic carbocycles. The molecular formula is C16H21NO3. The standard InChI is InChI=1S/C16H21NO3/c18-15(13-8-4-5-9-13)17-11-14(16(19)20)10-12-6-2-1-3-7-12/h1-3,6-7,13-14H,4-5,8-11H2,(H,17,18)(H,19,20). The molecule has 0 aliphatic heterocycles. The third-order valence-corrected chi connectivity index (χ3v) is 3.92. The second kappa shape index (κ2) is 7.08. The third kappa shape index (κ3) is 4.08. The molecule has 0 heterocycles. The molecule has 1 fully saturated rings. The lowest BCUT2D eigenvalue weighted by atomic mass is 9.99. The predicted molar refractivity (Wildman–Crippen MR) is 76.2 cm³/mol. The highest BCUT2D eigenvalue weighted by molar-refractivity contribution is 5.79. The van der Waals surface area contributed by atoms with E-state index in [9.17, 15) is 14.7 Å². The Morgan fingerprint density at radius 3 is 2.45 bits per heavy atom. The van der Waals surface area contributed by atoms with Gasteiger partial charge in [0.2, 0.25) is 5.91 Å². The molecule has 0 aromatic heterocycles. The van der Waals surface area contributed by atoms with Crippen molar-refractivity contribution in [2.24, 2.45) is 11.8 Å². The summed E-state index contributed by atoms with van der Waals surface area (Å²) in [5, 5.41) is 12.1. The van der Waals surface area contributed by atoms with Crippen LogP contribution in [0.5, 0.6) is 0 Å². The Morgan fingerprint density at radius 1 is 1.20 bits per heavy atom. The van der Waals surface area contributed by atoms with Crippen LogP contribution in [0, 0.1) is 11.8 Å².